The summed E-state index contributed by atoms with van der Waals surface area (Å²) >= 11 is 1.52. The summed E-state index contributed by atoms with van der Waals surface area (Å²) < 4.78 is 39.4. The third-order valence-electron chi connectivity index (χ3n) is 5.12. The van der Waals surface area contributed by atoms with E-state index in [1.165, 1.54) is 11.8 Å². The van der Waals surface area contributed by atoms with Gasteiger partial charge in [0.2, 0.25) is 5.91 Å². The lowest BCUT2D eigenvalue weighted by Crippen LogP contribution is -2.40. The Bertz CT molecular complexity index is 1210. The highest BCUT2D eigenvalue weighted by atomic mass is 32.2. The van der Waals surface area contributed by atoms with Crippen LogP contribution in [0.15, 0.2) is 82.6 Å². The first-order valence-electron chi connectivity index (χ1n) is 11.3. The van der Waals surface area contributed by atoms with Crippen molar-refractivity contribution in [1.82, 2.24) is 5.32 Å². The van der Waals surface area contributed by atoms with E-state index >= 15 is 0 Å². The summed E-state index contributed by atoms with van der Waals surface area (Å²) in [7, 11) is -4.00. The van der Waals surface area contributed by atoms with Gasteiger partial charge < -0.3 is 14.8 Å². The molecule has 0 aliphatic heterocycles. The molecule has 0 aliphatic rings. The highest BCUT2D eigenvalue weighted by Crippen LogP contribution is 2.27. The summed E-state index contributed by atoms with van der Waals surface area (Å²) in [4.78, 5) is 14.0. The first-order valence-corrected chi connectivity index (χ1v) is 13.9. The molecule has 0 aromatic heterocycles. The van der Waals surface area contributed by atoms with Crippen LogP contribution in [-0.4, -0.2) is 40.3 Å². The van der Waals surface area contributed by atoms with Crippen LogP contribution < -0.4 is 19.1 Å². The van der Waals surface area contributed by atoms with Gasteiger partial charge in [-0.3, -0.25) is 9.10 Å². The van der Waals surface area contributed by atoms with E-state index < -0.39 is 15.9 Å². The molecule has 0 bridgehead atoms. The molecular formula is C26H30N2O5S2. The number of nitrogens with zero attached hydrogens (tertiary/aromatic N) is 1. The quantitative estimate of drug-likeness (QED) is 0.352. The number of carbonyl (C=O) groups excluding carboxylic acids is 1. The largest absolute Gasteiger partial charge is 0.494 e. The fourth-order valence-electron chi connectivity index (χ4n) is 3.39. The van der Waals surface area contributed by atoms with Crippen LogP contribution in [0.25, 0.3) is 0 Å². The number of anilines is 1. The van der Waals surface area contributed by atoms with Gasteiger partial charge in [-0.2, -0.15) is 0 Å². The number of thioether (sulfide) groups is 1. The lowest BCUT2D eigenvalue weighted by atomic mass is 10.2. The van der Waals surface area contributed by atoms with E-state index in [9.17, 15) is 13.2 Å². The van der Waals surface area contributed by atoms with Gasteiger partial charge in [0.05, 0.1) is 23.8 Å². The van der Waals surface area contributed by atoms with Crippen molar-refractivity contribution in [2.45, 2.75) is 30.2 Å². The molecule has 0 saturated carbocycles. The van der Waals surface area contributed by atoms with Crippen LogP contribution in [0, 0.1) is 0 Å². The molecule has 3 aromatic carbocycles. The maximum absolute atomic E-state index is 13.6. The standard InChI is InChI=1S/C26H30N2O5S2/c1-4-32-22-12-10-21(11-13-22)28(35(30,31)24-16-14-23(34-3)15-17-24)19-26(29)27-18-20-8-6-7-9-25(20)33-5-2/h6-17H,4-5,18-19H2,1-3H3,(H,27,29). The zero-order valence-electron chi connectivity index (χ0n) is 20.1. The monoisotopic (exact) mass is 514 g/mol. The third kappa shape index (κ3) is 6.93. The van der Waals surface area contributed by atoms with E-state index in [1.807, 2.05) is 44.4 Å². The molecular weight excluding hydrogens is 484 g/mol. The SMILES string of the molecule is CCOc1ccc(N(CC(=O)NCc2ccccc2OCC)S(=O)(=O)c2ccc(SC)cc2)cc1. The molecule has 7 nitrogen and oxygen atoms in total. The number of sulfonamides is 1. The first kappa shape index (κ1) is 26.4. The number of benzene rings is 3. The molecule has 3 rings (SSSR count). The van der Waals surface area contributed by atoms with Crippen molar-refractivity contribution in [2.24, 2.45) is 0 Å². The zero-order chi connectivity index (χ0) is 25.3. The number of para-hydroxylation sites is 1. The van der Waals surface area contributed by atoms with Crippen molar-refractivity contribution in [1.29, 1.82) is 0 Å². The Kier molecular flexibility index (Phi) is 9.45. The predicted octanol–water partition coefficient (Wildman–Crippen LogP) is 4.72. The number of nitrogens with one attached hydrogen (secondary N) is 1. The van der Waals surface area contributed by atoms with Crippen molar-refractivity contribution in [3.05, 3.63) is 78.4 Å². The molecule has 3 aromatic rings. The molecule has 186 valence electrons. The second-order valence-corrected chi connectivity index (χ2v) is 10.2. The van der Waals surface area contributed by atoms with E-state index in [1.54, 1.807) is 48.5 Å². The molecule has 1 amide bonds. The third-order valence-corrected chi connectivity index (χ3v) is 7.65. The minimum Gasteiger partial charge on any atom is -0.494 e. The highest BCUT2D eigenvalue weighted by Gasteiger charge is 2.27. The molecule has 9 heteroatoms. The Hall–Kier alpha value is -3.17. The highest BCUT2D eigenvalue weighted by molar-refractivity contribution is 7.98. The number of rotatable bonds is 12. The molecule has 0 saturated heterocycles. The lowest BCUT2D eigenvalue weighted by Gasteiger charge is -2.24. The van der Waals surface area contributed by atoms with E-state index in [2.05, 4.69) is 5.32 Å². The second-order valence-electron chi connectivity index (χ2n) is 7.43. The predicted molar refractivity (Wildman–Crippen MR) is 140 cm³/mol. The summed E-state index contributed by atoms with van der Waals surface area (Å²) in [6.07, 6.45) is 1.92. The van der Waals surface area contributed by atoms with Gasteiger partial charge in [0.25, 0.3) is 10.0 Å². The van der Waals surface area contributed by atoms with Crippen molar-refractivity contribution in [3.8, 4) is 11.5 Å². The van der Waals surface area contributed by atoms with Gasteiger partial charge in [-0.1, -0.05) is 18.2 Å². The zero-order valence-corrected chi connectivity index (χ0v) is 21.7. The Balaban J connectivity index is 1.85. The number of hydrogen-bond acceptors (Lipinski definition) is 6. The molecule has 0 radical (unpaired) electrons. The smallest absolute Gasteiger partial charge is 0.264 e. The summed E-state index contributed by atoms with van der Waals surface area (Å²) in [6, 6.07) is 20.7. The van der Waals surface area contributed by atoms with Gasteiger partial charge >= 0.3 is 0 Å². The van der Waals surface area contributed by atoms with Gasteiger partial charge in [-0.05, 0) is 74.7 Å². The fourth-order valence-corrected chi connectivity index (χ4v) is 5.22. The van der Waals surface area contributed by atoms with Gasteiger partial charge in [0.1, 0.15) is 18.0 Å². The summed E-state index contributed by atoms with van der Waals surface area (Å²) in [6.45, 7) is 4.60. The Morgan fingerprint density at radius 2 is 1.57 bits per heavy atom. The molecule has 0 heterocycles. The topological polar surface area (TPSA) is 84.9 Å². The van der Waals surface area contributed by atoms with E-state index in [4.69, 9.17) is 9.47 Å². The van der Waals surface area contributed by atoms with E-state index in [0.29, 0.717) is 30.4 Å². The van der Waals surface area contributed by atoms with Crippen molar-refractivity contribution >= 4 is 33.4 Å². The molecule has 35 heavy (non-hydrogen) atoms. The van der Waals surface area contributed by atoms with Gasteiger partial charge in [0, 0.05) is 17.0 Å². The van der Waals surface area contributed by atoms with Crippen molar-refractivity contribution < 1.29 is 22.7 Å². The lowest BCUT2D eigenvalue weighted by molar-refractivity contribution is -0.119. The number of ether oxygens (including phenoxy) is 2. The minimum absolute atomic E-state index is 0.110. The first-order chi connectivity index (χ1) is 16.9. The Morgan fingerprint density at radius 3 is 2.20 bits per heavy atom. The minimum atomic E-state index is -4.00. The average molecular weight is 515 g/mol. The van der Waals surface area contributed by atoms with Crippen molar-refractivity contribution in [3.63, 3.8) is 0 Å². The normalized spacial score (nSPS) is 11.1. The van der Waals surface area contributed by atoms with Crippen LogP contribution in [0.2, 0.25) is 0 Å². The second kappa shape index (κ2) is 12.5. The number of carbonyl (C=O) groups is 1. The Labute approximate surface area is 211 Å². The maximum atomic E-state index is 13.6. The van der Waals surface area contributed by atoms with Crippen LogP contribution in [0.3, 0.4) is 0 Å². The summed E-state index contributed by atoms with van der Waals surface area (Å²) in [5.74, 6) is 0.865. The van der Waals surface area contributed by atoms with Crippen molar-refractivity contribution in [2.75, 3.05) is 30.3 Å². The van der Waals surface area contributed by atoms with Gasteiger partial charge in [0.15, 0.2) is 0 Å². The average Bonchev–Trinajstić information content (AvgIpc) is 2.87. The molecule has 0 unspecified atom stereocenters. The van der Waals surface area contributed by atoms with Crippen LogP contribution >= 0.6 is 11.8 Å². The van der Waals surface area contributed by atoms with E-state index in [0.717, 1.165) is 14.8 Å². The molecule has 0 aliphatic carbocycles. The van der Waals surface area contributed by atoms with Crippen LogP contribution in [0.4, 0.5) is 5.69 Å². The Morgan fingerprint density at radius 1 is 0.914 bits per heavy atom. The fraction of sp³-hybridized carbons (Fsp3) is 0.269. The van der Waals surface area contributed by atoms with Crippen LogP contribution in [0.1, 0.15) is 19.4 Å². The number of hydrogen-bond donors (Lipinski definition) is 1. The number of amides is 1. The molecule has 0 atom stereocenters. The molecule has 1 N–H and O–H groups in total. The van der Waals surface area contributed by atoms with Gasteiger partial charge in [-0.15, -0.1) is 11.8 Å². The van der Waals surface area contributed by atoms with Gasteiger partial charge in [-0.25, -0.2) is 8.42 Å². The van der Waals surface area contributed by atoms with Crippen LogP contribution in [-0.2, 0) is 21.4 Å². The molecule has 0 spiro atoms. The maximum Gasteiger partial charge on any atom is 0.264 e. The molecule has 0 fully saturated rings. The summed E-state index contributed by atoms with van der Waals surface area (Å²) in [5, 5.41) is 2.82. The summed E-state index contributed by atoms with van der Waals surface area (Å²) in [5.41, 5.74) is 1.18. The van der Waals surface area contributed by atoms with E-state index in [-0.39, 0.29) is 18.0 Å². The van der Waals surface area contributed by atoms with Crippen LogP contribution in [0.5, 0.6) is 11.5 Å².